The van der Waals surface area contributed by atoms with Crippen LogP contribution in [0.5, 0.6) is 11.5 Å². The van der Waals surface area contributed by atoms with Crippen LogP contribution < -0.4 is 9.47 Å². The fraction of sp³-hybridized carbons (Fsp3) is 0.346. The van der Waals surface area contributed by atoms with Gasteiger partial charge in [0.15, 0.2) is 11.1 Å². The van der Waals surface area contributed by atoms with Gasteiger partial charge in [-0.1, -0.05) is 111 Å². The van der Waals surface area contributed by atoms with Crippen molar-refractivity contribution in [1.82, 2.24) is 19.3 Å². The molecule has 0 saturated carbocycles. The molecule has 10 heteroatoms. The van der Waals surface area contributed by atoms with Crippen LogP contribution in [0.4, 0.5) is 9.59 Å². The van der Waals surface area contributed by atoms with E-state index in [1.165, 1.54) is 21.3 Å². The van der Waals surface area contributed by atoms with Crippen LogP contribution in [0, 0.1) is 23.7 Å². The average Bonchev–Trinajstić information content (AvgIpc) is 4.01. The third kappa shape index (κ3) is 8.29. The predicted octanol–water partition coefficient (Wildman–Crippen LogP) is 11.0. The van der Waals surface area contributed by atoms with E-state index >= 15 is 0 Å². The standard InChI is InChI=1S/2C26H28N2O3/c2*1-4-5-16-26(17-10-9-13-20-11-7-6-8-12-20)24-19-21-18-22(30-2)14-15-23(21)27(24)25(29)28(26)31-3/h2*6-8,11-12,14-15,18-19H,4-5,9,13,16H2,1-3H3. The summed E-state index contributed by atoms with van der Waals surface area (Å²) in [4.78, 5) is 38.0. The van der Waals surface area contributed by atoms with Crippen molar-refractivity contribution in [2.75, 3.05) is 28.4 Å². The Morgan fingerprint density at radius 1 is 0.532 bits per heavy atom. The number of rotatable bonds is 14. The number of aryl methyl sites for hydroxylation is 2. The number of amides is 2. The average molecular weight is 833 g/mol. The molecule has 10 nitrogen and oxygen atoms in total. The summed E-state index contributed by atoms with van der Waals surface area (Å²) < 4.78 is 14.2. The number of hydrogen-bond acceptors (Lipinski definition) is 6. The van der Waals surface area contributed by atoms with Crippen LogP contribution in [0.25, 0.3) is 21.8 Å². The number of aromatic nitrogens is 2. The van der Waals surface area contributed by atoms with Gasteiger partial charge in [0.05, 0.1) is 50.9 Å². The molecule has 0 fully saturated rings. The molecular weight excluding hydrogens is 777 g/mol. The van der Waals surface area contributed by atoms with Gasteiger partial charge in [0.1, 0.15) is 11.5 Å². The summed E-state index contributed by atoms with van der Waals surface area (Å²) in [5, 5.41) is 4.84. The minimum absolute atomic E-state index is 0.203. The van der Waals surface area contributed by atoms with E-state index in [-0.39, 0.29) is 12.1 Å². The molecule has 4 heterocycles. The van der Waals surface area contributed by atoms with E-state index < -0.39 is 11.1 Å². The molecule has 320 valence electrons. The lowest BCUT2D eigenvalue weighted by atomic mass is 9.89. The summed E-state index contributed by atoms with van der Waals surface area (Å²) >= 11 is 0. The van der Waals surface area contributed by atoms with E-state index in [9.17, 15) is 9.59 Å². The van der Waals surface area contributed by atoms with Gasteiger partial charge in [-0.05, 0) is 98.2 Å². The maximum absolute atomic E-state index is 13.4. The molecule has 0 N–H and O–H groups in total. The summed E-state index contributed by atoms with van der Waals surface area (Å²) in [6.07, 6.45) is 8.51. The smallest absolute Gasteiger partial charge is 0.354 e. The van der Waals surface area contributed by atoms with Crippen LogP contribution in [-0.2, 0) is 33.6 Å². The van der Waals surface area contributed by atoms with Crippen molar-refractivity contribution < 1.29 is 28.7 Å². The van der Waals surface area contributed by atoms with E-state index in [0.29, 0.717) is 0 Å². The van der Waals surface area contributed by atoms with Gasteiger partial charge in [-0.15, -0.1) is 0 Å². The first kappa shape index (κ1) is 43.6. The molecular formula is C52H56N4O6. The number of hydroxylamine groups is 4. The second-order valence-electron chi connectivity index (χ2n) is 15.6. The highest BCUT2D eigenvalue weighted by Gasteiger charge is 2.52. The maximum Gasteiger partial charge on any atom is 0.354 e. The van der Waals surface area contributed by atoms with Crippen LogP contribution in [-0.4, -0.2) is 59.8 Å². The Morgan fingerprint density at radius 2 is 0.935 bits per heavy atom. The molecule has 0 saturated heterocycles. The highest BCUT2D eigenvalue weighted by Crippen LogP contribution is 2.45. The van der Waals surface area contributed by atoms with Crippen molar-refractivity contribution in [3.8, 4) is 35.2 Å². The van der Waals surface area contributed by atoms with Crippen molar-refractivity contribution in [2.45, 2.75) is 89.1 Å². The molecule has 2 amide bonds. The molecule has 2 aliphatic rings. The second kappa shape index (κ2) is 19.5. The van der Waals surface area contributed by atoms with Crippen molar-refractivity contribution in [1.29, 1.82) is 0 Å². The summed E-state index contributed by atoms with van der Waals surface area (Å²) in [7, 11) is 6.38. The van der Waals surface area contributed by atoms with E-state index in [1.807, 2.05) is 72.8 Å². The lowest BCUT2D eigenvalue weighted by molar-refractivity contribution is -0.134. The van der Waals surface area contributed by atoms with Crippen LogP contribution in [0.15, 0.2) is 109 Å². The number of carbonyl (C=O) groups excluding carboxylic acids is 2. The van der Waals surface area contributed by atoms with Crippen LogP contribution in [0.1, 0.15) is 87.7 Å². The minimum atomic E-state index is -0.801. The Labute approximate surface area is 365 Å². The third-order valence-electron chi connectivity index (χ3n) is 11.8. The van der Waals surface area contributed by atoms with Crippen molar-refractivity contribution in [3.63, 3.8) is 0 Å². The fourth-order valence-electron chi connectivity index (χ4n) is 8.65. The van der Waals surface area contributed by atoms with Gasteiger partial charge < -0.3 is 9.47 Å². The number of unbranched alkanes of at least 4 members (excludes halogenated alkanes) is 2. The lowest BCUT2D eigenvalue weighted by Crippen LogP contribution is -2.42. The number of carbonyl (C=O) groups is 2. The van der Waals surface area contributed by atoms with Crippen LogP contribution in [0.2, 0.25) is 0 Å². The Morgan fingerprint density at radius 3 is 1.29 bits per heavy atom. The molecule has 4 aromatic carbocycles. The highest BCUT2D eigenvalue weighted by molar-refractivity contribution is 5.98. The van der Waals surface area contributed by atoms with Gasteiger partial charge in [-0.2, -0.15) is 10.1 Å². The Balaban J connectivity index is 0.000000186. The lowest BCUT2D eigenvalue weighted by Gasteiger charge is -2.31. The Hall–Kier alpha value is -6.46. The molecule has 2 aliphatic heterocycles. The van der Waals surface area contributed by atoms with Crippen molar-refractivity contribution >= 4 is 33.9 Å². The summed E-state index contributed by atoms with van der Waals surface area (Å²) in [6, 6.07) is 35.8. The van der Waals surface area contributed by atoms with Gasteiger partial charge in [0, 0.05) is 23.6 Å². The quantitative estimate of drug-likeness (QED) is 0.102. The molecule has 0 bridgehead atoms. The van der Waals surface area contributed by atoms with E-state index in [4.69, 9.17) is 19.1 Å². The molecule has 0 spiro atoms. The maximum atomic E-state index is 13.4. The van der Waals surface area contributed by atoms with Gasteiger partial charge in [0.2, 0.25) is 0 Å². The van der Waals surface area contributed by atoms with Gasteiger partial charge >= 0.3 is 12.1 Å². The number of ether oxygens (including phenoxy) is 2. The molecule has 0 aliphatic carbocycles. The number of methoxy groups -OCH3 is 2. The number of nitrogens with zero attached hydrogens (tertiary/aromatic N) is 4. The van der Waals surface area contributed by atoms with Crippen molar-refractivity contribution in [2.24, 2.45) is 0 Å². The van der Waals surface area contributed by atoms with E-state index in [2.05, 4.69) is 73.9 Å². The number of benzene rings is 4. The SMILES string of the molecule is CCCCC1(C#CCCc2ccccc2)c2cc3cc(OC)ccc3n2C(=O)N1OC.CCCCC1(C#CCCc2ccccc2)c2cc3cc(OC)ccc3n2C(=O)N1OC. The zero-order chi connectivity index (χ0) is 43.7. The zero-order valence-electron chi connectivity index (χ0n) is 36.7. The fourth-order valence-corrected chi connectivity index (χ4v) is 8.65. The first-order chi connectivity index (χ1) is 30.3. The van der Waals surface area contributed by atoms with Gasteiger partial charge in [-0.3, -0.25) is 18.8 Å². The third-order valence-corrected chi connectivity index (χ3v) is 11.8. The summed E-state index contributed by atoms with van der Waals surface area (Å²) in [6.45, 7) is 4.29. The molecule has 2 atom stereocenters. The van der Waals surface area contributed by atoms with Crippen LogP contribution >= 0.6 is 0 Å². The summed E-state index contributed by atoms with van der Waals surface area (Å²) in [5.41, 5.74) is 4.32. The molecule has 2 unspecified atom stereocenters. The van der Waals surface area contributed by atoms with Crippen LogP contribution in [0.3, 0.4) is 0 Å². The summed E-state index contributed by atoms with van der Waals surface area (Å²) in [5.74, 6) is 15.2. The first-order valence-corrected chi connectivity index (χ1v) is 21.5. The largest absolute Gasteiger partial charge is 0.497 e. The first-order valence-electron chi connectivity index (χ1n) is 21.5. The zero-order valence-corrected chi connectivity index (χ0v) is 36.7. The number of hydrogen-bond donors (Lipinski definition) is 0. The number of fused-ring (bicyclic) bond motifs is 6. The molecule has 6 aromatic rings. The molecule has 62 heavy (non-hydrogen) atoms. The molecule has 2 aromatic heterocycles. The normalized spacial score (nSPS) is 17.5. The highest BCUT2D eigenvalue weighted by atomic mass is 16.7. The van der Waals surface area contributed by atoms with E-state index in [0.717, 1.165) is 109 Å². The monoisotopic (exact) mass is 832 g/mol. The van der Waals surface area contributed by atoms with Gasteiger partial charge in [-0.25, -0.2) is 9.59 Å². The predicted molar refractivity (Wildman–Crippen MR) is 244 cm³/mol. The minimum Gasteiger partial charge on any atom is -0.497 e. The Bertz CT molecular complexity index is 2460. The van der Waals surface area contributed by atoms with E-state index in [1.54, 1.807) is 37.6 Å². The van der Waals surface area contributed by atoms with Crippen molar-refractivity contribution in [3.05, 3.63) is 132 Å². The topological polar surface area (TPSA) is 87.4 Å². The second-order valence-corrected chi connectivity index (χ2v) is 15.6. The molecule has 8 rings (SSSR count). The molecule has 0 radical (unpaired) electrons. The van der Waals surface area contributed by atoms with Gasteiger partial charge in [0.25, 0.3) is 0 Å². The Kier molecular flexibility index (Phi) is 13.7.